The van der Waals surface area contributed by atoms with Crippen LogP contribution in [0, 0.1) is 22.9 Å². The predicted molar refractivity (Wildman–Crippen MR) is 89.0 cm³/mol. The Kier molecular flexibility index (Phi) is 4.22. The first-order valence-electron chi connectivity index (χ1n) is 7.57. The lowest BCUT2D eigenvalue weighted by Gasteiger charge is -2.04. The fourth-order valence-corrected chi connectivity index (χ4v) is 2.72. The lowest BCUT2D eigenvalue weighted by Crippen LogP contribution is -2.06. The molecule has 7 heteroatoms. The van der Waals surface area contributed by atoms with Gasteiger partial charge in [0.15, 0.2) is 0 Å². The minimum absolute atomic E-state index is 0.0288. The summed E-state index contributed by atoms with van der Waals surface area (Å²) in [6.45, 7) is 3.32. The van der Waals surface area contributed by atoms with Crippen LogP contribution in [0.4, 0.5) is 10.1 Å². The SMILES string of the molecule is CCOC(=O)c1c(-c2ccc(F)cc2)oc2ccc(C)c([N+](=O)[O-])c12. The Hall–Kier alpha value is -3.22. The van der Waals surface area contributed by atoms with Gasteiger partial charge < -0.3 is 9.15 Å². The molecular formula is C18H14FNO5. The van der Waals surface area contributed by atoms with Gasteiger partial charge in [-0.05, 0) is 50.2 Å². The van der Waals surface area contributed by atoms with Crippen LogP contribution in [0.5, 0.6) is 0 Å². The molecule has 0 aliphatic carbocycles. The number of aryl methyl sites for hydroxylation is 1. The molecule has 3 rings (SSSR count). The van der Waals surface area contributed by atoms with Gasteiger partial charge in [-0.25, -0.2) is 9.18 Å². The normalized spacial score (nSPS) is 10.8. The molecule has 6 nitrogen and oxygen atoms in total. The number of ether oxygens (including phenoxy) is 1. The summed E-state index contributed by atoms with van der Waals surface area (Å²) in [5.41, 5.74) is 0.776. The summed E-state index contributed by atoms with van der Waals surface area (Å²) in [4.78, 5) is 23.5. The van der Waals surface area contributed by atoms with E-state index in [1.54, 1.807) is 26.0 Å². The lowest BCUT2D eigenvalue weighted by atomic mass is 10.0. The molecule has 0 N–H and O–H groups in total. The minimum Gasteiger partial charge on any atom is -0.462 e. The Bertz CT molecular complexity index is 975. The number of halogens is 1. The maximum Gasteiger partial charge on any atom is 0.342 e. The Morgan fingerprint density at radius 1 is 1.24 bits per heavy atom. The Balaban J connectivity index is 2.39. The summed E-state index contributed by atoms with van der Waals surface area (Å²) in [5.74, 6) is -1.06. The summed E-state index contributed by atoms with van der Waals surface area (Å²) in [6.07, 6.45) is 0. The van der Waals surface area contributed by atoms with E-state index in [0.29, 0.717) is 11.1 Å². The quantitative estimate of drug-likeness (QED) is 0.392. The molecule has 0 aliphatic rings. The number of nitro groups is 1. The van der Waals surface area contributed by atoms with Crippen molar-refractivity contribution in [2.24, 2.45) is 0 Å². The van der Waals surface area contributed by atoms with E-state index in [4.69, 9.17) is 9.15 Å². The van der Waals surface area contributed by atoms with Crippen molar-refractivity contribution in [3.05, 3.63) is 63.5 Å². The van der Waals surface area contributed by atoms with E-state index in [-0.39, 0.29) is 34.6 Å². The van der Waals surface area contributed by atoms with E-state index in [9.17, 15) is 19.3 Å². The van der Waals surface area contributed by atoms with Gasteiger partial charge in [0.2, 0.25) is 0 Å². The maximum atomic E-state index is 13.2. The fourth-order valence-electron chi connectivity index (χ4n) is 2.72. The summed E-state index contributed by atoms with van der Waals surface area (Å²) >= 11 is 0. The van der Waals surface area contributed by atoms with Crippen LogP contribution in [0.25, 0.3) is 22.3 Å². The number of nitro benzene ring substituents is 1. The first kappa shape index (κ1) is 16.6. The predicted octanol–water partition coefficient (Wildman–Crippen LogP) is 4.63. The zero-order valence-corrected chi connectivity index (χ0v) is 13.5. The van der Waals surface area contributed by atoms with Crippen molar-refractivity contribution in [2.45, 2.75) is 13.8 Å². The summed E-state index contributed by atoms with van der Waals surface area (Å²) < 4.78 is 24.0. The summed E-state index contributed by atoms with van der Waals surface area (Å²) in [6, 6.07) is 8.43. The van der Waals surface area contributed by atoms with E-state index >= 15 is 0 Å². The van der Waals surface area contributed by atoms with Crippen molar-refractivity contribution >= 4 is 22.6 Å². The Morgan fingerprint density at radius 3 is 2.52 bits per heavy atom. The fraction of sp³-hybridized carbons (Fsp3) is 0.167. The number of rotatable bonds is 4. The number of furan rings is 1. The third kappa shape index (κ3) is 2.84. The zero-order valence-electron chi connectivity index (χ0n) is 13.5. The third-order valence-corrected chi connectivity index (χ3v) is 3.80. The average Bonchev–Trinajstić information content (AvgIpc) is 2.94. The van der Waals surface area contributed by atoms with Crippen molar-refractivity contribution in [2.75, 3.05) is 6.61 Å². The van der Waals surface area contributed by atoms with Crippen molar-refractivity contribution in [1.29, 1.82) is 0 Å². The van der Waals surface area contributed by atoms with Crippen LogP contribution in [0.1, 0.15) is 22.8 Å². The first-order valence-corrected chi connectivity index (χ1v) is 7.57. The molecule has 0 saturated heterocycles. The molecule has 0 amide bonds. The number of benzene rings is 2. The van der Waals surface area contributed by atoms with Crippen LogP contribution in [-0.4, -0.2) is 17.5 Å². The Labute approximate surface area is 142 Å². The van der Waals surface area contributed by atoms with Crippen molar-refractivity contribution in [3.8, 4) is 11.3 Å². The molecule has 0 atom stereocenters. The average molecular weight is 343 g/mol. The third-order valence-electron chi connectivity index (χ3n) is 3.80. The van der Waals surface area contributed by atoms with Gasteiger partial charge in [0.1, 0.15) is 28.1 Å². The van der Waals surface area contributed by atoms with Gasteiger partial charge in [0, 0.05) is 11.1 Å². The van der Waals surface area contributed by atoms with E-state index in [1.165, 1.54) is 24.3 Å². The van der Waals surface area contributed by atoms with Crippen LogP contribution in [-0.2, 0) is 4.74 Å². The van der Waals surface area contributed by atoms with E-state index in [2.05, 4.69) is 0 Å². The second kappa shape index (κ2) is 6.35. The van der Waals surface area contributed by atoms with Gasteiger partial charge in [0.05, 0.1) is 11.5 Å². The molecular weight excluding hydrogens is 329 g/mol. The highest BCUT2D eigenvalue weighted by molar-refractivity contribution is 6.12. The van der Waals surface area contributed by atoms with Gasteiger partial charge in [-0.15, -0.1) is 0 Å². The first-order chi connectivity index (χ1) is 11.9. The molecule has 0 radical (unpaired) electrons. The molecule has 0 saturated carbocycles. The van der Waals surface area contributed by atoms with Crippen LogP contribution >= 0.6 is 0 Å². The smallest absolute Gasteiger partial charge is 0.342 e. The molecule has 1 heterocycles. The number of carbonyl (C=O) groups excluding carboxylic acids is 1. The molecule has 3 aromatic rings. The minimum atomic E-state index is -0.728. The molecule has 0 fully saturated rings. The molecule has 1 aromatic heterocycles. The number of carbonyl (C=O) groups is 1. The number of fused-ring (bicyclic) bond motifs is 1. The van der Waals surface area contributed by atoms with Crippen molar-refractivity contribution < 1.29 is 23.3 Å². The van der Waals surface area contributed by atoms with Crippen molar-refractivity contribution in [3.63, 3.8) is 0 Å². The van der Waals surface area contributed by atoms with E-state index in [1.807, 2.05) is 0 Å². The van der Waals surface area contributed by atoms with Gasteiger partial charge in [-0.2, -0.15) is 0 Å². The molecule has 128 valence electrons. The van der Waals surface area contributed by atoms with E-state index < -0.39 is 16.7 Å². The number of nitrogens with zero attached hydrogens (tertiary/aromatic N) is 1. The monoisotopic (exact) mass is 343 g/mol. The molecule has 0 aliphatic heterocycles. The highest BCUT2D eigenvalue weighted by Gasteiger charge is 2.30. The van der Waals surface area contributed by atoms with Gasteiger partial charge >= 0.3 is 5.97 Å². The molecule has 0 unspecified atom stereocenters. The van der Waals surface area contributed by atoms with Gasteiger partial charge in [-0.1, -0.05) is 0 Å². The van der Waals surface area contributed by atoms with Gasteiger partial charge in [0.25, 0.3) is 5.69 Å². The Morgan fingerprint density at radius 2 is 1.92 bits per heavy atom. The van der Waals surface area contributed by atoms with Crippen LogP contribution in [0.2, 0.25) is 0 Å². The second-order valence-electron chi connectivity index (χ2n) is 5.39. The molecule has 25 heavy (non-hydrogen) atoms. The largest absolute Gasteiger partial charge is 0.462 e. The van der Waals surface area contributed by atoms with Crippen LogP contribution < -0.4 is 0 Å². The maximum absolute atomic E-state index is 13.2. The lowest BCUT2D eigenvalue weighted by molar-refractivity contribution is -0.383. The summed E-state index contributed by atoms with van der Waals surface area (Å²) in [7, 11) is 0. The molecule has 0 spiro atoms. The molecule has 0 bridgehead atoms. The van der Waals surface area contributed by atoms with Crippen LogP contribution in [0.15, 0.2) is 40.8 Å². The van der Waals surface area contributed by atoms with E-state index in [0.717, 1.165) is 0 Å². The summed E-state index contributed by atoms with van der Waals surface area (Å²) in [5, 5.41) is 11.6. The highest BCUT2D eigenvalue weighted by Crippen LogP contribution is 2.40. The zero-order chi connectivity index (χ0) is 18.1. The number of hydrogen-bond acceptors (Lipinski definition) is 5. The number of esters is 1. The standard InChI is InChI=1S/C18H14FNO5/c1-3-24-18(21)15-14-13(9-4-10(2)16(14)20(22)23)25-17(15)11-5-7-12(19)8-6-11/h4-9H,3H2,1-2H3. The second-order valence-corrected chi connectivity index (χ2v) is 5.39. The highest BCUT2D eigenvalue weighted by atomic mass is 19.1. The van der Waals surface area contributed by atoms with Gasteiger partial charge in [-0.3, -0.25) is 10.1 Å². The molecule has 2 aromatic carbocycles. The van der Waals surface area contributed by atoms with Crippen LogP contribution in [0.3, 0.4) is 0 Å². The topological polar surface area (TPSA) is 82.6 Å². The van der Waals surface area contributed by atoms with Crippen molar-refractivity contribution in [1.82, 2.24) is 0 Å². The number of hydrogen-bond donors (Lipinski definition) is 0.